The van der Waals surface area contributed by atoms with Crippen molar-refractivity contribution in [3.8, 4) is 11.5 Å². The van der Waals surface area contributed by atoms with Crippen LogP contribution in [0.25, 0.3) is 10.9 Å². The smallest absolute Gasteiger partial charge is 0.326 e. The predicted octanol–water partition coefficient (Wildman–Crippen LogP) is -6.48. The number of guanidine groups is 1. The number of aromatic hydroxyl groups is 2. The first kappa shape index (κ1) is 89.5. The maximum atomic E-state index is 15.5. The number of amides is 14. The molecule has 4 aliphatic heterocycles. The highest BCUT2D eigenvalue weighted by atomic mass is 16.5. The van der Waals surface area contributed by atoms with Crippen LogP contribution in [0.1, 0.15) is 109 Å². The van der Waals surface area contributed by atoms with Crippen molar-refractivity contribution in [2.24, 2.45) is 5.73 Å². The van der Waals surface area contributed by atoms with Gasteiger partial charge in [0.25, 0.3) is 5.91 Å². The van der Waals surface area contributed by atoms with Crippen molar-refractivity contribution in [1.82, 2.24) is 84.3 Å². The lowest BCUT2D eigenvalue weighted by Crippen LogP contribution is -2.63. The molecule has 4 fully saturated rings. The summed E-state index contributed by atoms with van der Waals surface area (Å²) in [6.07, 6.45) is -10.6. The summed E-state index contributed by atoms with van der Waals surface area (Å²) in [6, 6.07) is -8.13. The summed E-state index contributed by atoms with van der Waals surface area (Å²) in [5.41, 5.74) is 6.93. The van der Waals surface area contributed by atoms with Crippen LogP contribution in [0, 0.1) is 5.41 Å². The molecule has 8 rings (SSSR count). The van der Waals surface area contributed by atoms with E-state index in [2.05, 4.69) is 79.4 Å². The number of nitrogens with one attached hydrogen (secondary N) is 16. The molecule has 117 heavy (non-hydrogen) atoms. The Labute approximate surface area is 668 Å². The Bertz CT molecular complexity index is 4370. The number of carboxylic acids is 1. The van der Waals surface area contributed by atoms with E-state index in [1.807, 2.05) is 0 Å². The minimum atomic E-state index is -2.68. The van der Waals surface area contributed by atoms with Crippen molar-refractivity contribution in [2.45, 2.75) is 208 Å². The number of hydrogen-bond acceptors (Lipinski definition) is 24. The first-order valence-electron chi connectivity index (χ1n) is 37.9. The van der Waals surface area contributed by atoms with Crippen molar-refractivity contribution in [3.05, 3.63) is 95.7 Å². The van der Waals surface area contributed by atoms with Gasteiger partial charge >= 0.3 is 17.9 Å². The number of fused-ring (bicyclic) bond motifs is 13. The molecule has 3 aromatic carbocycles. The zero-order valence-electron chi connectivity index (χ0n) is 64.3. The second-order valence-corrected chi connectivity index (χ2v) is 28.8. The Hall–Kier alpha value is -13.0. The van der Waals surface area contributed by atoms with Crippen LogP contribution in [0.4, 0.5) is 0 Å². The third-order valence-electron chi connectivity index (χ3n) is 19.7. The standard InChI is InChI=1S/C75H98N18O24/c1-35(81-69(109)57(36(2)94)82-38(4)95)61(101)91-58-37(3)117-56(99)32-50-66(106)86-49(31-41-33-80-45-12-6-5-11-44(41)45)65(105)84-48-24-25-55(98)116-34-53(67(107)87-50)90-68(108)54-15-10-28-93(54)73(113)51(29-39-16-20-42(96)21-17-39)88-63(103)46(83-62(102)47(85-70(58)110)14-9-27-79-75(76)77)13-7-8-26-78-72(112)60(100)59(92-64(48)104)71(111)89-52(74(114)115)30-40-18-22-43(97)23-19-40/h5-6,11-12,16-23,33,35-37,46-54,57-60,80,94,96-97,100H,7-10,13-15,24-32,34H2,1-4H3,(H,78,112)(H,81,109)(H,82,95)(H,83,102)(H,84,105)(H,85,110)(H,86,106)(H,87,107)(H,88,103)(H,89,111)(H,90,108)(H,91,101)(H,92,104)(H,114,115)(H4,76,77,79)/t35-,36+,37+,46-,47-,48?,49-,50-,51+,52-,53-,54-,57-,58?,59-,60-/m0/s1. The fourth-order valence-electron chi connectivity index (χ4n) is 13.4. The van der Waals surface area contributed by atoms with E-state index < -0.39 is 262 Å². The fourth-order valence-corrected chi connectivity index (χ4v) is 13.4. The third-order valence-corrected chi connectivity index (χ3v) is 19.7. The lowest BCUT2D eigenvalue weighted by Gasteiger charge is -2.31. The lowest BCUT2D eigenvalue weighted by atomic mass is 10.0. The minimum absolute atomic E-state index is 0.112. The number of phenolic OH excluding ortho intramolecular Hbond substituents is 2. The van der Waals surface area contributed by atoms with Gasteiger partial charge in [-0.3, -0.25) is 82.1 Å². The molecule has 0 aliphatic carbocycles. The highest BCUT2D eigenvalue weighted by molar-refractivity contribution is 6.02. The van der Waals surface area contributed by atoms with E-state index in [-0.39, 0.29) is 68.7 Å². The molecular formula is C75H98N18O24. The van der Waals surface area contributed by atoms with Gasteiger partial charge in [0.05, 0.1) is 12.5 Å². The number of nitrogens with zero attached hydrogens (tertiary/aromatic N) is 1. The van der Waals surface area contributed by atoms with Gasteiger partial charge in [-0.2, -0.15) is 0 Å². The Morgan fingerprint density at radius 2 is 1.25 bits per heavy atom. The van der Waals surface area contributed by atoms with Crippen LogP contribution in [0.2, 0.25) is 0 Å². The number of benzene rings is 3. The van der Waals surface area contributed by atoms with E-state index in [1.165, 1.54) is 54.7 Å². The molecule has 42 heteroatoms. The molecule has 0 spiro atoms. The third kappa shape index (κ3) is 25.7. The fraction of sp³-hybridized carbons (Fsp3) is 0.493. The highest BCUT2D eigenvalue weighted by Crippen LogP contribution is 2.24. The maximum absolute atomic E-state index is 15.5. The number of para-hydroxylation sites is 1. The first-order valence-corrected chi connectivity index (χ1v) is 37.9. The van der Waals surface area contributed by atoms with Crippen molar-refractivity contribution in [3.63, 3.8) is 0 Å². The summed E-state index contributed by atoms with van der Waals surface area (Å²) in [4.78, 5) is 253. The van der Waals surface area contributed by atoms with E-state index in [1.54, 1.807) is 24.3 Å². The molecule has 4 aliphatic rings. The molecule has 4 bridgehead atoms. The number of nitrogens with two attached hydrogens (primary N) is 1. The van der Waals surface area contributed by atoms with Crippen LogP contribution < -0.4 is 80.2 Å². The lowest BCUT2D eigenvalue weighted by molar-refractivity contribution is -0.154. The average molecular weight is 1640 g/mol. The SMILES string of the molecule is CC(=O)N[C@H](C(=O)N[C@@H](C)C(=O)NC1C(=O)N[C@@H](CCCNC(=N)N)C(=O)N[C@H]2CCCCNC(=O)[C@@H](O)[C@@H](C(=O)N[C@@H](Cc3ccc(O)cc3)C(=O)O)NC(=O)C3CCC(=O)OC[C@H](NC(=O)[C@@H]4CCCN4C(=O)[C@@H](Cc4ccc(O)cc4)NC2=O)C(=O)N[C@@H](CC(=O)O[C@@H]1C)C(=O)N[C@@H](Cc1c[nH]c2ccccc12)C(=O)N3)[C@@H](C)O. The monoisotopic (exact) mass is 1630 g/mol. The van der Waals surface area contributed by atoms with Gasteiger partial charge in [-0.05, 0) is 119 Å². The van der Waals surface area contributed by atoms with Crippen LogP contribution in [-0.2, 0) is 110 Å². The van der Waals surface area contributed by atoms with E-state index in [0.29, 0.717) is 22.0 Å². The number of hydrogen-bond donors (Lipinski definition) is 22. The number of cyclic esters (lactones) is 1. The molecule has 14 amide bonds. The molecule has 4 aromatic rings. The molecule has 4 saturated heterocycles. The summed E-state index contributed by atoms with van der Waals surface area (Å²) in [5.74, 6) is -22.7. The summed E-state index contributed by atoms with van der Waals surface area (Å²) in [6.45, 7) is 2.40. The Kier molecular flexibility index (Phi) is 32.0. The molecule has 1 aromatic heterocycles. The highest BCUT2D eigenvalue weighted by Gasteiger charge is 2.45. The van der Waals surface area contributed by atoms with E-state index in [4.69, 9.17) is 20.6 Å². The van der Waals surface area contributed by atoms with Crippen LogP contribution in [-0.4, -0.2) is 265 Å². The van der Waals surface area contributed by atoms with E-state index in [9.17, 15) is 63.9 Å². The number of aliphatic hydroxyl groups is 2. The van der Waals surface area contributed by atoms with Crippen molar-refractivity contribution >= 4 is 117 Å². The number of carboxylic acid groups (broad SMARTS) is 1. The summed E-state index contributed by atoms with van der Waals surface area (Å²) in [5, 5.41) is 95.1. The molecular weight excluding hydrogens is 1540 g/mol. The Balaban J connectivity index is 1.32. The number of ether oxygens (including phenoxy) is 2. The van der Waals surface area contributed by atoms with Crippen LogP contribution in [0.5, 0.6) is 11.5 Å². The average Bonchev–Trinajstić information content (AvgIpc) is 1.67. The van der Waals surface area contributed by atoms with Crippen molar-refractivity contribution in [1.29, 1.82) is 5.41 Å². The van der Waals surface area contributed by atoms with Gasteiger partial charge in [-0.25, -0.2) is 4.79 Å². The number of carbonyl (C=O) groups excluding carboxylic acids is 16. The van der Waals surface area contributed by atoms with E-state index >= 15 is 43.2 Å². The zero-order valence-corrected chi connectivity index (χ0v) is 64.3. The molecule has 0 saturated carbocycles. The van der Waals surface area contributed by atoms with Crippen molar-refractivity contribution in [2.75, 3.05) is 26.2 Å². The molecule has 632 valence electrons. The molecule has 0 radical (unpaired) electrons. The van der Waals surface area contributed by atoms with Gasteiger partial charge in [-0.15, -0.1) is 0 Å². The number of aromatic nitrogens is 1. The first-order chi connectivity index (χ1) is 55.5. The van der Waals surface area contributed by atoms with Gasteiger partial charge < -0.3 is 125 Å². The Morgan fingerprint density at radius 1 is 0.641 bits per heavy atom. The number of aliphatic hydroxyl groups excluding tert-OH is 2. The number of esters is 2. The topological polar surface area (TPSA) is 647 Å². The summed E-state index contributed by atoms with van der Waals surface area (Å²) in [7, 11) is 0. The van der Waals surface area contributed by atoms with Gasteiger partial charge in [-0.1, -0.05) is 42.5 Å². The van der Waals surface area contributed by atoms with E-state index in [0.717, 1.165) is 32.6 Å². The second-order valence-electron chi connectivity index (χ2n) is 28.8. The largest absolute Gasteiger partial charge is 0.508 e. The van der Waals surface area contributed by atoms with Gasteiger partial charge in [0.1, 0.15) is 103 Å². The van der Waals surface area contributed by atoms with Gasteiger partial charge in [0.2, 0.25) is 76.8 Å². The maximum Gasteiger partial charge on any atom is 0.326 e. The molecule has 16 atom stereocenters. The van der Waals surface area contributed by atoms with Crippen LogP contribution in [0.15, 0.2) is 79.0 Å². The molecule has 2 unspecified atom stereocenters. The zero-order chi connectivity index (χ0) is 85.5. The number of H-pyrrole nitrogens is 1. The van der Waals surface area contributed by atoms with Crippen molar-refractivity contribution < 1.29 is 117 Å². The number of carbonyl (C=O) groups is 17. The predicted molar refractivity (Wildman–Crippen MR) is 407 cm³/mol. The summed E-state index contributed by atoms with van der Waals surface area (Å²) >= 11 is 0. The van der Waals surface area contributed by atoms with Gasteiger partial charge in [0, 0.05) is 69.3 Å². The minimum Gasteiger partial charge on any atom is -0.508 e. The normalized spacial score (nSPS) is 25.1. The number of aliphatic carboxylic acids is 1. The molecule has 42 nitrogen and oxygen atoms in total. The summed E-state index contributed by atoms with van der Waals surface area (Å²) < 4.78 is 11.4. The second kappa shape index (κ2) is 41.8. The molecule has 23 N–H and O–H groups in total. The molecule has 5 heterocycles. The van der Waals surface area contributed by atoms with Gasteiger partial charge in [0.15, 0.2) is 12.1 Å². The number of phenols is 2. The number of aromatic amines is 1. The quantitative estimate of drug-likeness (QED) is 0.0180. The van der Waals surface area contributed by atoms with Crippen LogP contribution in [0.3, 0.4) is 0 Å². The Morgan fingerprint density at radius 3 is 1.91 bits per heavy atom. The number of rotatable bonds is 19. The van der Waals surface area contributed by atoms with Crippen LogP contribution >= 0.6 is 0 Å².